The van der Waals surface area contributed by atoms with E-state index in [1.807, 2.05) is 24.4 Å². The van der Waals surface area contributed by atoms with Gasteiger partial charge in [-0.3, -0.25) is 14.5 Å². The molecule has 142 valence electrons. The first-order valence-corrected chi connectivity index (χ1v) is 9.61. The molecule has 1 aliphatic heterocycles. The van der Waals surface area contributed by atoms with Crippen LogP contribution in [0.15, 0.2) is 75.9 Å². The van der Waals surface area contributed by atoms with Crippen molar-refractivity contribution in [1.82, 2.24) is 0 Å². The van der Waals surface area contributed by atoms with Crippen LogP contribution < -0.4 is 9.64 Å². The normalized spacial score (nSPS) is 16.7. The molecule has 4 rings (SSSR count). The van der Waals surface area contributed by atoms with Gasteiger partial charge in [0.25, 0.3) is 5.91 Å². The first-order valence-electron chi connectivity index (χ1n) is 8.73. The van der Waals surface area contributed by atoms with E-state index in [0.717, 1.165) is 4.88 Å². The Morgan fingerprint density at radius 3 is 2.79 bits per heavy atom. The highest BCUT2D eigenvalue weighted by atomic mass is 32.1. The molecule has 0 spiro atoms. The summed E-state index contributed by atoms with van der Waals surface area (Å²) < 4.78 is 10.7. The average molecular weight is 395 g/mol. The highest BCUT2D eigenvalue weighted by Gasteiger charge is 2.45. The van der Waals surface area contributed by atoms with Crippen LogP contribution in [0.1, 0.15) is 28.4 Å². The maximum absolute atomic E-state index is 13.0. The second kappa shape index (κ2) is 7.36. The molecule has 3 aromatic rings. The van der Waals surface area contributed by atoms with E-state index in [9.17, 15) is 14.7 Å². The smallest absolute Gasteiger partial charge is 0.294 e. The van der Waals surface area contributed by atoms with Gasteiger partial charge in [0.2, 0.25) is 5.78 Å². The average Bonchev–Trinajstić information content (AvgIpc) is 3.44. The predicted octanol–water partition coefficient (Wildman–Crippen LogP) is 4.52. The summed E-state index contributed by atoms with van der Waals surface area (Å²) in [6.45, 7) is 2.35. The summed E-state index contributed by atoms with van der Waals surface area (Å²) in [5, 5.41) is 12.5. The minimum atomic E-state index is -0.748. The molecule has 2 aromatic heterocycles. The van der Waals surface area contributed by atoms with Crippen molar-refractivity contribution in [2.75, 3.05) is 11.5 Å². The highest BCUT2D eigenvalue weighted by Crippen LogP contribution is 2.43. The van der Waals surface area contributed by atoms with Crippen molar-refractivity contribution in [3.05, 3.63) is 82.1 Å². The lowest BCUT2D eigenvalue weighted by Crippen LogP contribution is -2.30. The Morgan fingerprint density at radius 1 is 1.25 bits per heavy atom. The fourth-order valence-corrected chi connectivity index (χ4v) is 4.07. The maximum Gasteiger partial charge on any atom is 0.294 e. The van der Waals surface area contributed by atoms with Gasteiger partial charge in [0, 0.05) is 16.6 Å². The van der Waals surface area contributed by atoms with Crippen LogP contribution in [-0.2, 0) is 4.79 Å². The van der Waals surface area contributed by atoms with Gasteiger partial charge < -0.3 is 14.3 Å². The zero-order valence-electron chi connectivity index (χ0n) is 15.0. The number of thiophene rings is 1. The summed E-state index contributed by atoms with van der Waals surface area (Å²) in [7, 11) is 0. The van der Waals surface area contributed by atoms with Crippen molar-refractivity contribution >= 4 is 28.7 Å². The summed E-state index contributed by atoms with van der Waals surface area (Å²) in [6, 6.07) is 13.0. The number of amides is 1. The van der Waals surface area contributed by atoms with E-state index < -0.39 is 23.5 Å². The van der Waals surface area contributed by atoms with E-state index in [-0.39, 0.29) is 11.3 Å². The number of rotatable bonds is 6. The number of carbonyl (C=O) groups is 2. The fraction of sp³-hybridized carbons (Fsp3) is 0.143. The van der Waals surface area contributed by atoms with Crippen molar-refractivity contribution in [2.45, 2.75) is 13.0 Å². The zero-order valence-corrected chi connectivity index (χ0v) is 15.8. The molecule has 0 radical (unpaired) electrons. The minimum Gasteiger partial charge on any atom is -0.503 e. The third-order valence-electron chi connectivity index (χ3n) is 4.42. The molecule has 1 atom stereocenters. The molecule has 0 aliphatic carbocycles. The van der Waals surface area contributed by atoms with Gasteiger partial charge in [-0.15, -0.1) is 11.3 Å². The molecule has 7 heteroatoms. The Labute approximate surface area is 165 Å². The van der Waals surface area contributed by atoms with Crippen LogP contribution in [0.5, 0.6) is 5.75 Å². The molecular weight excluding hydrogens is 378 g/mol. The molecule has 1 unspecified atom stereocenters. The Kier molecular flexibility index (Phi) is 4.75. The molecule has 3 heterocycles. The van der Waals surface area contributed by atoms with E-state index in [1.165, 1.54) is 28.6 Å². The predicted molar refractivity (Wildman–Crippen MR) is 105 cm³/mol. The van der Waals surface area contributed by atoms with Crippen LogP contribution >= 0.6 is 11.3 Å². The Bertz CT molecular complexity index is 1040. The topological polar surface area (TPSA) is 80.0 Å². The van der Waals surface area contributed by atoms with Gasteiger partial charge in [-0.1, -0.05) is 12.1 Å². The number of benzene rings is 1. The number of anilines is 1. The van der Waals surface area contributed by atoms with E-state index in [1.54, 1.807) is 30.3 Å². The summed E-state index contributed by atoms with van der Waals surface area (Å²) in [5.74, 6) is -1.05. The van der Waals surface area contributed by atoms with E-state index in [2.05, 4.69) is 0 Å². The number of furan rings is 1. The van der Waals surface area contributed by atoms with Crippen LogP contribution in [0.2, 0.25) is 0 Å². The Hall–Kier alpha value is -3.32. The van der Waals surface area contributed by atoms with Gasteiger partial charge in [-0.05, 0) is 42.6 Å². The summed E-state index contributed by atoms with van der Waals surface area (Å²) >= 11 is 1.40. The monoisotopic (exact) mass is 395 g/mol. The second-order valence-electron chi connectivity index (χ2n) is 6.09. The van der Waals surface area contributed by atoms with Crippen molar-refractivity contribution in [3.63, 3.8) is 0 Å². The second-order valence-corrected chi connectivity index (χ2v) is 7.07. The van der Waals surface area contributed by atoms with Gasteiger partial charge in [-0.25, -0.2) is 0 Å². The Balaban J connectivity index is 1.83. The number of hydrogen-bond acceptors (Lipinski definition) is 6. The van der Waals surface area contributed by atoms with E-state index >= 15 is 0 Å². The SMILES string of the molecule is CCOc1cccc(N2C(=O)C(O)=C(C(=O)c3ccco3)C2c2cccs2)c1. The standard InChI is InChI=1S/C21H17NO5S/c1-2-26-14-7-3-6-13(12-14)22-18(16-9-5-11-28-16)17(20(24)21(22)25)19(23)15-8-4-10-27-15/h3-12,18,24H,2H2,1H3. The van der Waals surface area contributed by atoms with E-state index in [0.29, 0.717) is 18.0 Å². The van der Waals surface area contributed by atoms with Gasteiger partial charge >= 0.3 is 0 Å². The van der Waals surface area contributed by atoms with Gasteiger partial charge in [0.1, 0.15) is 11.8 Å². The molecule has 0 fully saturated rings. The Morgan fingerprint density at radius 2 is 2.11 bits per heavy atom. The maximum atomic E-state index is 13.0. The molecule has 6 nitrogen and oxygen atoms in total. The zero-order chi connectivity index (χ0) is 19.7. The lowest BCUT2D eigenvalue weighted by Gasteiger charge is -2.26. The number of aliphatic hydroxyl groups excluding tert-OH is 1. The number of ketones is 1. The fourth-order valence-electron chi connectivity index (χ4n) is 3.25. The number of carbonyl (C=O) groups excluding carboxylic acids is 2. The van der Waals surface area contributed by atoms with Crippen LogP contribution in [0.3, 0.4) is 0 Å². The number of ether oxygens (including phenoxy) is 1. The molecule has 0 saturated carbocycles. The van der Waals surface area contributed by atoms with Crippen LogP contribution in [0, 0.1) is 0 Å². The lowest BCUT2D eigenvalue weighted by molar-refractivity contribution is -0.117. The van der Waals surface area contributed by atoms with Gasteiger partial charge in [0.05, 0.1) is 18.4 Å². The van der Waals surface area contributed by atoms with Gasteiger partial charge in [-0.2, -0.15) is 0 Å². The number of aliphatic hydroxyl groups is 1. The molecule has 1 amide bonds. The summed E-state index contributed by atoms with van der Waals surface area (Å²) in [5.41, 5.74) is 0.535. The largest absolute Gasteiger partial charge is 0.503 e. The molecule has 28 heavy (non-hydrogen) atoms. The lowest BCUT2D eigenvalue weighted by atomic mass is 10.00. The molecular formula is C21H17NO5S. The number of Topliss-reactive ketones (excluding diaryl/α,β-unsaturated/α-hetero) is 1. The highest BCUT2D eigenvalue weighted by molar-refractivity contribution is 7.10. The molecule has 0 saturated heterocycles. The first-order chi connectivity index (χ1) is 13.6. The van der Waals surface area contributed by atoms with Crippen LogP contribution in [-0.4, -0.2) is 23.4 Å². The summed E-state index contributed by atoms with van der Waals surface area (Å²) in [4.78, 5) is 28.1. The van der Waals surface area contributed by atoms with Crippen LogP contribution in [0.4, 0.5) is 5.69 Å². The van der Waals surface area contributed by atoms with Crippen molar-refractivity contribution in [3.8, 4) is 5.75 Å². The summed E-state index contributed by atoms with van der Waals surface area (Å²) in [6.07, 6.45) is 1.38. The van der Waals surface area contributed by atoms with Crippen molar-refractivity contribution in [1.29, 1.82) is 0 Å². The van der Waals surface area contributed by atoms with Crippen LogP contribution in [0.25, 0.3) is 0 Å². The molecule has 1 aliphatic rings. The van der Waals surface area contributed by atoms with Crippen molar-refractivity contribution < 1.29 is 23.8 Å². The quantitative estimate of drug-likeness (QED) is 0.621. The van der Waals surface area contributed by atoms with Gasteiger partial charge in [0.15, 0.2) is 11.5 Å². The minimum absolute atomic E-state index is 0.00390. The molecule has 1 aromatic carbocycles. The van der Waals surface area contributed by atoms with E-state index in [4.69, 9.17) is 9.15 Å². The number of hydrogen-bond donors (Lipinski definition) is 1. The third-order valence-corrected chi connectivity index (χ3v) is 5.34. The third kappa shape index (κ3) is 2.99. The van der Waals surface area contributed by atoms with Crippen molar-refractivity contribution in [2.24, 2.45) is 0 Å². The molecule has 1 N–H and O–H groups in total. The first kappa shape index (κ1) is 18.1. The number of nitrogens with zero attached hydrogens (tertiary/aromatic N) is 1. The molecule has 0 bridgehead atoms.